The Morgan fingerprint density at radius 3 is 2.30 bits per heavy atom. The van der Waals surface area contributed by atoms with Crippen molar-refractivity contribution >= 4 is 57.4 Å². The Bertz CT molecular complexity index is 1860. The Kier molecular flexibility index (Phi) is 11.0. The molecular weight excluding hydrogens is 636 g/mol. The summed E-state index contributed by atoms with van der Waals surface area (Å²) >= 11 is 0. The van der Waals surface area contributed by atoms with Crippen LogP contribution in [0.15, 0.2) is 73.1 Å². The minimum absolute atomic E-state index is 0.207. The van der Waals surface area contributed by atoms with E-state index >= 15 is 0 Å². The molecular formula is C37H44N8O5. The Morgan fingerprint density at radius 1 is 0.940 bits per heavy atom. The summed E-state index contributed by atoms with van der Waals surface area (Å²) in [6.07, 6.45) is 2.55. The molecule has 0 spiro atoms. The molecule has 0 bridgehead atoms. The van der Waals surface area contributed by atoms with Gasteiger partial charge >= 0.3 is 0 Å². The summed E-state index contributed by atoms with van der Waals surface area (Å²) in [5, 5.41) is 15.6. The number of carbonyl (C=O) groups is 4. The molecule has 4 amide bonds. The fourth-order valence-corrected chi connectivity index (χ4v) is 5.75. The number of rotatable bonds is 11. The van der Waals surface area contributed by atoms with E-state index in [-0.39, 0.29) is 23.6 Å². The number of fused-ring (bicyclic) bond motifs is 1. The Balaban J connectivity index is 1.34. The molecule has 3 aromatic carbocycles. The van der Waals surface area contributed by atoms with Crippen molar-refractivity contribution in [3.05, 3.63) is 78.6 Å². The van der Waals surface area contributed by atoms with Crippen molar-refractivity contribution in [1.82, 2.24) is 25.5 Å². The van der Waals surface area contributed by atoms with E-state index in [1.54, 1.807) is 55.3 Å². The predicted octanol–water partition coefficient (Wildman–Crippen LogP) is 4.70. The molecule has 1 fully saturated rings. The molecule has 5 rings (SSSR count). The molecule has 1 aromatic heterocycles. The fourth-order valence-electron chi connectivity index (χ4n) is 5.75. The van der Waals surface area contributed by atoms with Gasteiger partial charge in [0, 0.05) is 34.9 Å². The molecule has 50 heavy (non-hydrogen) atoms. The minimum Gasteiger partial charge on any atom is -0.494 e. The lowest BCUT2D eigenvalue weighted by molar-refractivity contribution is -0.143. The molecule has 0 unspecified atom stereocenters. The molecule has 1 aliphatic heterocycles. The van der Waals surface area contributed by atoms with Gasteiger partial charge in [0.05, 0.1) is 24.4 Å². The highest BCUT2D eigenvalue weighted by Crippen LogP contribution is 2.34. The maximum atomic E-state index is 13.9. The molecule has 5 N–H and O–H groups in total. The number of nitrogens with zero attached hydrogens (tertiary/aromatic N) is 3. The molecule has 0 aliphatic carbocycles. The van der Waals surface area contributed by atoms with Gasteiger partial charge in [0.25, 0.3) is 5.91 Å². The highest BCUT2D eigenvalue weighted by molar-refractivity contribution is 6.05. The van der Waals surface area contributed by atoms with Crippen molar-refractivity contribution in [3.8, 4) is 5.75 Å². The van der Waals surface area contributed by atoms with Gasteiger partial charge in [0.1, 0.15) is 30.0 Å². The standard InChI is InChI=1S/C37H44N8O5/c1-22(38-5)33(46)44-31(37(2,3)4)36(49)45-18-10-13-29(45)35(48)43-28-19-26-27(20-30(28)50-6)39-21-40-32(26)41-24-14-16-25(17-15-24)42-34(47)23-11-8-7-9-12-23/h7-9,11-12,14-17,19-22,29,31,38H,10,13,18H2,1-6H3,(H,42,47)(H,43,48)(H,44,46)(H,39,40,41)/t22-,29-,31+/m0/s1. The zero-order valence-electron chi connectivity index (χ0n) is 29.2. The fraction of sp³-hybridized carbons (Fsp3) is 0.351. The van der Waals surface area contributed by atoms with Gasteiger partial charge in [0.2, 0.25) is 17.7 Å². The summed E-state index contributed by atoms with van der Waals surface area (Å²) in [6, 6.07) is 17.6. The van der Waals surface area contributed by atoms with Gasteiger partial charge in [-0.1, -0.05) is 39.0 Å². The van der Waals surface area contributed by atoms with Gasteiger partial charge in [0.15, 0.2) is 0 Å². The minimum atomic E-state index is -0.825. The first-order valence-electron chi connectivity index (χ1n) is 16.5. The van der Waals surface area contributed by atoms with E-state index in [0.29, 0.717) is 64.5 Å². The van der Waals surface area contributed by atoms with Gasteiger partial charge in [-0.15, -0.1) is 0 Å². The third kappa shape index (κ3) is 8.17. The lowest BCUT2D eigenvalue weighted by Crippen LogP contribution is -2.59. The van der Waals surface area contributed by atoms with Crippen LogP contribution in [0, 0.1) is 5.41 Å². The summed E-state index contributed by atoms with van der Waals surface area (Å²) < 4.78 is 5.62. The first-order chi connectivity index (χ1) is 23.9. The number of aromatic nitrogens is 2. The quantitative estimate of drug-likeness (QED) is 0.151. The summed E-state index contributed by atoms with van der Waals surface area (Å²) in [5.41, 5.74) is 2.30. The molecule has 0 radical (unpaired) electrons. The van der Waals surface area contributed by atoms with Crippen LogP contribution in [0.3, 0.4) is 0 Å². The SMILES string of the molecule is CN[C@@H](C)C(=O)N[C@H](C(=O)N1CCC[C@H]1C(=O)Nc1cc2c(Nc3ccc(NC(=O)c4ccccc4)cc3)ncnc2cc1OC)C(C)(C)C. The number of hydrogen-bond acceptors (Lipinski definition) is 9. The average Bonchev–Trinajstić information content (AvgIpc) is 3.61. The first-order valence-corrected chi connectivity index (χ1v) is 16.5. The van der Waals surface area contributed by atoms with Crippen LogP contribution in [-0.4, -0.2) is 77.3 Å². The molecule has 13 heteroatoms. The smallest absolute Gasteiger partial charge is 0.255 e. The third-order valence-corrected chi connectivity index (χ3v) is 8.72. The second kappa shape index (κ2) is 15.3. The Labute approximate surface area is 291 Å². The maximum absolute atomic E-state index is 13.9. The Morgan fingerprint density at radius 2 is 1.64 bits per heavy atom. The molecule has 1 aliphatic rings. The number of ether oxygens (including phenoxy) is 1. The number of carbonyl (C=O) groups excluding carboxylic acids is 4. The van der Waals surface area contributed by atoms with Gasteiger partial charge < -0.3 is 36.2 Å². The van der Waals surface area contributed by atoms with Gasteiger partial charge in [-0.25, -0.2) is 9.97 Å². The van der Waals surface area contributed by atoms with E-state index in [0.717, 1.165) is 0 Å². The average molecular weight is 681 g/mol. The van der Waals surface area contributed by atoms with E-state index in [1.807, 2.05) is 51.1 Å². The van der Waals surface area contributed by atoms with Crippen LogP contribution in [-0.2, 0) is 14.4 Å². The number of benzene rings is 3. The molecule has 2 heterocycles. The van der Waals surface area contributed by atoms with Crippen LogP contribution in [0.5, 0.6) is 5.75 Å². The van der Waals surface area contributed by atoms with Gasteiger partial charge in [-0.3, -0.25) is 19.2 Å². The van der Waals surface area contributed by atoms with Crippen molar-refractivity contribution < 1.29 is 23.9 Å². The molecule has 13 nitrogen and oxygen atoms in total. The number of amides is 4. The van der Waals surface area contributed by atoms with Crippen molar-refractivity contribution in [3.63, 3.8) is 0 Å². The highest BCUT2D eigenvalue weighted by atomic mass is 16.5. The van der Waals surface area contributed by atoms with Crippen molar-refractivity contribution in [2.24, 2.45) is 5.41 Å². The monoisotopic (exact) mass is 680 g/mol. The van der Waals surface area contributed by atoms with E-state index in [2.05, 4.69) is 36.6 Å². The predicted molar refractivity (Wildman–Crippen MR) is 193 cm³/mol. The van der Waals surface area contributed by atoms with Gasteiger partial charge in [-0.2, -0.15) is 0 Å². The van der Waals surface area contributed by atoms with E-state index in [4.69, 9.17) is 4.74 Å². The van der Waals surface area contributed by atoms with Crippen LogP contribution in [0.25, 0.3) is 10.9 Å². The van der Waals surface area contributed by atoms with Crippen LogP contribution >= 0.6 is 0 Å². The number of methoxy groups -OCH3 is 1. The number of nitrogens with one attached hydrogen (secondary N) is 5. The largest absolute Gasteiger partial charge is 0.494 e. The summed E-state index contributed by atoms with van der Waals surface area (Å²) in [4.78, 5) is 63.4. The number of hydrogen-bond donors (Lipinski definition) is 5. The zero-order valence-corrected chi connectivity index (χ0v) is 29.2. The normalized spacial score (nSPS) is 15.6. The summed E-state index contributed by atoms with van der Waals surface area (Å²) in [6.45, 7) is 7.77. The molecule has 1 saturated heterocycles. The number of likely N-dealkylation sites (tertiary alicyclic amines) is 1. The molecule has 262 valence electrons. The van der Waals surface area contributed by atoms with E-state index in [9.17, 15) is 19.2 Å². The van der Waals surface area contributed by atoms with Crippen molar-refractivity contribution in [1.29, 1.82) is 0 Å². The number of anilines is 4. The zero-order chi connectivity index (χ0) is 36.0. The van der Waals surface area contributed by atoms with Crippen LogP contribution < -0.4 is 31.3 Å². The van der Waals surface area contributed by atoms with E-state index in [1.165, 1.54) is 13.4 Å². The second-order valence-corrected chi connectivity index (χ2v) is 13.3. The first kappa shape index (κ1) is 35.7. The van der Waals surface area contributed by atoms with Gasteiger partial charge in [-0.05, 0) is 74.7 Å². The third-order valence-electron chi connectivity index (χ3n) is 8.72. The topological polar surface area (TPSA) is 167 Å². The lowest BCUT2D eigenvalue weighted by atomic mass is 9.85. The summed E-state index contributed by atoms with van der Waals surface area (Å²) in [5.74, 6) is -0.281. The maximum Gasteiger partial charge on any atom is 0.255 e. The Hall–Kier alpha value is -5.56. The van der Waals surface area contributed by atoms with E-state index < -0.39 is 23.5 Å². The van der Waals surface area contributed by atoms with Crippen molar-refractivity contribution in [2.45, 2.75) is 58.7 Å². The van der Waals surface area contributed by atoms with Crippen LogP contribution in [0.1, 0.15) is 50.9 Å². The lowest BCUT2D eigenvalue weighted by Gasteiger charge is -2.36. The van der Waals surface area contributed by atoms with Crippen LogP contribution in [0.4, 0.5) is 22.9 Å². The molecule has 4 aromatic rings. The number of likely N-dealkylation sites (N-methyl/N-ethyl adjacent to an activating group) is 1. The molecule has 0 saturated carbocycles. The van der Waals surface area contributed by atoms with Crippen LogP contribution in [0.2, 0.25) is 0 Å². The summed E-state index contributed by atoms with van der Waals surface area (Å²) in [7, 11) is 3.18. The molecule has 3 atom stereocenters. The van der Waals surface area contributed by atoms with Crippen molar-refractivity contribution in [2.75, 3.05) is 36.7 Å². The second-order valence-electron chi connectivity index (χ2n) is 13.3. The highest BCUT2D eigenvalue weighted by Gasteiger charge is 2.42.